The second-order valence-corrected chi connectivity index (χ2v) is 3.41. The van der Waals surface area contributed by atoms with Gasteiger partial charge in [0.2, 0.25) is 0 Å². The number of alkyl halides is 2. The van der Waals surface area contributed by atoms with Crippen LogP contribution in [-0.2, 0) is 4.79 Å². The molecule has 0 unspecified atom stereocenters. The Morgan fingerprint density at radius 3 is 2.53 bits per heavy atom. The molecule has 0 radical (unpaired) electrons. The van der Waals surface area contributed by atoms with Crippen LogP contribution in [0.2, 0.25) is 0 Å². The summed E-state index contributed by atoms with van der Waals surface area (Å²) in [6.45, 7) is 0.952. The number of nitrogens with one attached hydrogen (secondary N) is 1. The Morgan fingerprint density at radius 2 is 2.00 bits per heavy atom. The number of halogens is 3. The molecule has 0 spiro atoms. The molecule has 1 aromatic rings. The van der Waals surface area contributed by atoms with Crippen molar-refractivity contribution in [1.29, 1.82) is 0 Å². The topological polar surface area (TPSA) is 46.2 Å². The van der Waals surface area contributed by atoms with E-state index in [-0.39, 0.29) is 5.56 Å². The molecule has 0 aliphatic heterocycles. The summed E-state index contributed by atoms with van der Waals surface area (Å²) in [6.07, 6.45) is -3.17. The molecule has 17 heavy (non-hydrogen) atoms. The smallest absolute Gasteiger partial charge is 0.315 e. The highest BCUT2D eigenvalue weighted by atomic mass is 19.3. The van der Waals surface area contributed by atoms with Crippen molar-refractivity contribution in [2.45, 2.75) is 13.3 Å². The van der Waals surface area contributed by atoms with E-state index in [9.17, 15) is 22.8 Å². The lowest BCUT2D eigenvalue weighted by atomic mass is 10.1. The number of rotatable bonds is 4. The molecule has 0 saturated heterocycles. The standard InChI is InChI=1S/C11H10F3NO2/c1-6-2-3-7(4-8(6)12)9(16)5-15-11(17)10(13)14/h2-4,10H,5H2,1H3,(H,15,17). The number of hydrogen-bond acceptors (Lipinski definition) is 2. The fourth-order valence-corrected chi connectivity index (χ4v) is 1.11. The van der Waals surface area contributed by atoms with Gasteiger partial charge in [0.1, 0.15) is 5.82 Å². The molecule has 3 nitrogen and oxygen atoms in total. The summed E-state index contributed by atoms with van der Waals surface area (Å²) in [4.78, 5) is 21.9. The van der Waals surface area contributed by atoms with Crippen LogP contribution in [0.15, 0.2) is 18.2 Å². The van der Waals surface area contributed by atoms with Gasteiger partial charge in [0, 0.05) is 5.56 Å². The maximum absolute atomic E-state index is 13.1. The third-order valence-corrected chi connectivity index (χ3v) is 2.12. The lowest BCUT2D eigenvalue weighted by Crippen LogP contribution is -2.34. The Bertz CT molecular complexity index is 446. The number of hydrogen-bond donors (Lipinski definition) is 1. The zero-order chi connectivity index (χ0) is 13.0. The lowest BCUT2D eigenvalue weighted by Gasteiger charge is -2.04. The monoisotopic (exact) mass is 245 g/mol. The first-order valence-corrected chi connectivity index (χ1v) is 4.77. The van der Waals surface area contributed by atoms with Crippen LogP contribution in [0.5, 0.6) is 0 Å². The van der Waals surface area contributed by atoms with Gasteiger partial charge in [-0.15, -0.1) is 0 Å². The zero-order valence-corrected chi connectivity index (χ0v) is 8.97. The molecule has 0 atom stereocenters. The number of carbonyl (C=O) groups is 2. The highest BCUT2D eigenvalue weighted by Gasteiger charge is 2.16. The average molecular weight is 245 g/mol. The van der Waals surface area contributed by atoms with Gasteiger partial charge in [-0.3, -0.25) is 9.59 Å². The van der Waals surface area contributed by atoms with Gasteiger partial charge in [0.25, 0.3) is 5.91 Å². The molecule has 1 aromatic carbocycles. The molecular weight excluding hydrogens is 235 g/mol. The Morgan fingerprint density at radius 1 is 1.35 bits per heavy atom. The summed E-state index contributed by atoms with van der Waals surface area (Å²) >= 11 is 0. The van der Waals surface area contributed by atoms with Crippen LogP contribution >= 0.6 is 0 Å². The van der Waals surface area contributed by atoms with Crippen LogP contribution in [0.4, 0.5) is 13.2 Å². The van der Waals surface area contributed by atoms with Crippen molar-refractivity contribution >= 4 is 11.7 Å². The van der Waals surface area contributed by atoms with E-state index >= 15 is 0 Å². The number of benzene rings is 1. The summed E-state index contributed by atoms with van der Waals surface area (Å²) in [6, 6.07) is 3.78. The van der Waals surface area contributed by atoms with E-state index in [1.807, 2.05) is 0 Å². The van der Waals surface area contributed by atoms with E-state index in [1.54, 1.807) is 5.32 Å². The lowest BCUT2D eigenvalue weighted by molar-refractivity contribution is -0.131. The van der Waals surface area contributed by atoms with Crippen LogP contribution in [0.1, 0.15) is 15.9 Å². The predicted octanol–water partition coefficient (Wildman–Crippen LogP) is 1.70. The van der Waals surface area contributed by atoms with Crippen molar-refractivity contribution < 1.29 is 22.8 Å². The fourth-order valence-electron chi connectivity index (χ4n) is 1.11. The minimum Gasteiger partial charge on any atom is -0.344 e. The van der Waals surface area contributed by atoms with Crippen LogP contribution in [0, 0.1) is 12.7 Å². The molecular formula is C11H10F3NO2. The Hall–Kier alpha value is -1.85. The van der Waals surface area contributed by atoms with E-state index in [1.165, 1.54) is 19.1 Å². The highest BCUT2D eigenvalue weighted by molar-refractivity contribution is 5.99. The van der Waals surface area contributed by atoms with Crippen LogP contribution in [0.25, 0.3) is 0 Å². The quantitative estimate of drug-likeness (QED) is 0.820. The zero-order valence-electron chi connectivity index (χ0n) is 8.97. The van der Waals surface area contributed by atoms with Crippen molar-refractivity contribution in [1.82, 2.24) is 5.32 Å². The Labute approximate surface area is 95.6 Å². The Kier molecular flexibility index (Phi) is 4.25. The molecule has 0 bridgehead atoms. The number of Topliss-reactive ketones (excluding diaryl/α,β-unsaturated/α-hetero) is 1. The largest absolute Gasteiger partial charge is 0.344 e. The van der Waals surface area contributed by atoms with E-state index in [0.29, 0.717) is 5.56 Å². The van der Waals surface area contributed by atoms with Gasteiger partial charge in [0.05, 0.1) is 6.54 Å². The first-order valence-electron chi connectivity index (χ1n) is 4.77. The minimum atomic E-state index is -3.17. The maximum Gasteiger partial charge on any atom is 0.315 e. The third-order valence-electron chi connectivity index (χ3n) is 2.12. The predicted molar refractivity (Wildman–Crippen MR) is 54.5 cm³/mol. The molecule has 0 aliphatic rings. The molecule has 1 rings (SSSR count). The molecule has 1 amide bonds. The van der Waals surface area contributed by atoms with Gasteiger partial charge in [-0.2, -0.15) is 8.78 Å². The highest BCUT2D eigenvalue weighted by Crippen LogP contribution is 2.09. The molecule has 0 aromatic heterocycles. The second kappa shape index (κ2) is 5.47. The van der Waals surface area contributed by atoms with Crippen LogP contribution < -0.4 is 5.32 Å². The van der Waals surface area contributed by atoms with Gasteiger partial charge < -0.3 is 5.32 Å². The summed E-state index contributed by atoms with van der Waals surface area (Å²) in [5.74, 6) is -2.71. The van der Waals surface area contributed by atoms with Crippen molar-refractivity contribution in [3.8, 4) is 0 Å². The molecule has 0 aliphatic carbocycles. The van der Waals surface area contributed by atoms with Crippen LogP contribution in [-0.4, -0.2) is 24.7 Å². The second-order valence-electron chi connectivity index (χ2n) is 3.41. The molecule has 0 saturated carbocycles. The third kappa shape index (κ3) is 3.58. The normalized spacial score (nSPS) is 10.4. The number of ketones is 1. The van der Waals surface area contributed by atoms with Gasteiger partial charge in [-0.1, -0.05) is 12.1 Å². The molecule has 6 heteroatoms. The van der Waals surface area contributed by atoms with Gasteiger partial charge in [0.15, 0.2) is 5.78 Å². The fraction of sp³-hybridized carbons (Fsp3) is 0.273. The average Bonchev–Trinajstić information content (AvgIpc) is 2.28. The summed E-state index contributed by atoms with van der Waals surface area (Å²) in [5.41, 5.74) is 0.404. The molecule has 0 fully saturated rings. The minimum absolute atomic E-state index is 0.0302. The van der Waals surface area contributed by atoms with Crippen molar-refractivity contribution in [3.63, 3.8) is 0 Å². The first kappa shape index (κ1) is 13.2. The van der Waals surface area contributed by atoms with E-state index < -0.39 is 30.5 Å². The first-order chi connectivity index (χ1) is 7.91. The number of amides is 1. The van der Waals surface area contributed by atoms with Crippen LogP contribution in [0.3, 0.4) is 0 Å². The molecule has 1 N–H and O–H groups in total. The van der Waals surface area contributed by atoms with Crippen molar-refractivity contribution in [3.05, 3.63) is 35.1 Å². The maximum atomic E-state index is 13.1. The van der Waals surface area contributed by atoms with Gasteiger partial charge in [-0.25, -0.2) is 4.39 Å². The molecule has 0 heterocycles. The van der Waals surface area contributed by atoms with Gasteiger partial charge in [-0.05, 0) is 18.6 Å². The summed E-state index contributed by atoms with van der Waals surface area (Å²) in [7, 11) is 0. The SMILES string of the molecule is Cc1ccc(C(=O)CNC(=O)C(F)F)cc1F. The number of carbonyl (C=O) groups excluding carboxylic acids is 2. The van der Waals surface area contributed by atoms with Crippen molar-refractivity contribution in [2.24, 2.45) is 0 Å². The van der Waals surface area contributed by atoms with E-state index in [0.717, 1.165) is 6.07 Å². The molecule has 92 valence electrons. The number of aryl methyl sites for hydroxylation is 1. The van der Waals surface area contributed by atoms with Crippen molar-refractivity contribution in [2.75, 3.05) is 6.54 Å². The van der Waals surface area contributed by atoms with E-state index in [4.69, 9.17) is 0 Å². The van der Waals surface area contributed by atoms with E-state index in [2.05, 4.69) is 0 Å². The summed E-state index contributed by atoms with van der Waals surface area (Å²) < 4.78 is 36.7. The summed E-state index contributed by atoms with van der Waals surface area (Å²) in [5, 5.41) is 1.75. The Balaban J connectivity index is 2.64. The van der Waals surface area contributed by atoms with Gasteiger partial charge >= 0.3 is 6.43 Å².